The molecule has 0 fully saturated rings. The van der Waals surface area contributed by atoms with Gasteiger partial charge in [0.05, 0.1) is 5.52 Å². The molecule has 1 heterocycles. The molecule has 0 aliphatic heterocycles. The molecule has 0 atom stereocenters. The SMILES string of the molecule is CNc1ncc2cc(/C(C(Cl)=C(C)C)=C(/C)Cl)ccc2n1. The van der Waals surface area contributed by atoms with Gasteiger partial charge in [-0.1, -0.05) is 34.8 Å². The van der Waals surface area contributed by atoms with Crippen LogP contribution in [0.25, 0.3) is 16.5 Å². The maximum absolute atomic E-state index is 6.41. The van der Waals surface area contributed by atoms with E-state index in [1.165, 1.54) is 0 Å². The Bertz CT molecular complexity index is 740. The summed E-state index contributed by atoms with van der Waals surface area (Å²) in [4.78, 5) is 8.64. The summed E-state index contributed by atoms with van der Waals surface area (Å²) in [6.45, 7) is 5.77. The molecule has 110 valence electrons. The molecule has 2 aromatic rings. The van der Waals surface area contributed by atoms with Crippen molar-refractivity contribution in [1.29, 1.82) is 0 Å². The highest BCUT2D eigenvalue weighted by molar-refractivity contribution is 6.42. The zero-order valence-electron chi connectivity index (χ0n) is 12.5. The fourth-order valence-corrected chi connectivity index (χ4v) is 2.54. The van der Waals surface area contributed by atoms with E-state index >= 15 is 0 Å². The zero-order valence-corrected chi connectivity index (χ0v) is 14.0. The average Bonchev–Trinajstić information content (AvgIpc) is 2.46. The summed E-state index contributed by atoms with van der Waals surface area (Å²) < 4.78 is 0. The van der Waals surface area contributed by atoms with Crippen LogP contribution in [-0.2, 0) is 0 Å². The molecule has 1 N–H and O–H groups in total. The van der Waals surface area contributed by atoms with Crippen LogP contribution in [0.3, 0.4) is 0 Å². The number of nitrogens with zero attached hydrogens (tertiary/aromatic N) is 2. The summed E-state index contributed by atoms with van der Waals surface area (Å²) in [6.07, 6.45) is 1.79. The molecule has 0 spiro atoms. The van der Waals surface area contributed by atoms with Crippen molar-refractivity contribution in [1.82, 2.24) is 9.97 Å². The van der Waals surface area contributed by atoms with E-state index in [2.05, 4.69) is 15.3 Å². The lowest BCUT2D eigenvalue weighted by atomic mass is 10.0. The van der Waals surface area contributed by atoms with Gasteiger partial charge in [-0.25, -0.2) is 9.97 Å². The normalized spacial score (nSPS) is 12.1. The average molecular weight is 322 g/mol. The van der Waals surface area contributed by atoms with Crippen molar-refractivity contribution in [2.24, 2.45) is 0 Å². The zero-order chi connectivity index (χ0) is 15.6. The van der Waals surface area contributed by atoms with Crippen molar-refractivity contribution < 1.29 is 0 Å². The van der Waals surface area contributed by atoms with Crippen molar-refractivity contribution in [3.05, 3.63) is 45.6 Å². The smallest absolute Gasteiger partial charge is 0.222 e. The largest absolute Gasteiger partial charge is 0.357 e. The van der Waals surface area contributed by atoms with E-state index in [4.69, 9.17) is 23.2 Å². The Morgan fingerprint density at radius 1 is 1.14 bits per heavy atom. The highest BCUT2D eigenvalue weighted by Gasteiger charge is 2.12. The summed E-state index contributed by atoms with van der Waals surface area (Å²) in [6, 6.07) is 5.92. The first-order valence-electron chi connectivity index (χ1n) is 6.58. The fraction of sp³-hybridized carbons (Fsp3) is 0.250. The van der Waals surface area contributed by atoms with Crippen molar-refractivity contribution in [3.8, 4) is 0 Å². The molecule has 0 saturated carbocycles. The molecule has 0 aliphatic carbocycles. The predicted molar refractivity (Wildman–Crippen MR) is 91.8 cm³/mol. The highest BCUT2D eigenvalue weighted by atomic mass is 35.5. The Kier molecular flexibility index (Phi) is 4.86. The molecule has 0 bridgehead atoms. The van der Waals surface area contributed by atoms with Crippen LogP contribution in [0.2, 0.25) is 0 Å². The number of hydrogen-bond donors (Lipinski definition) is 1. The summed E-state index contributed by atoms with van der Waals surface area (Å²) >= 11 is 12.6. The van der Waals surface area contributed by atoms with Crippen LogP contribution in [-0.4, -0.2) is 17.0 Å². The number of anilines is 1. The van der Waals surface area contributed by atoms with Crippen molar-refractivity contribution in [2.75, 3.05) is 12.4 Å². The van der Waals surface area contributed by atoms with Crippen LogP contribution >= 0.6 is 23.2 Å². The summed E-state index contributed by atoms with van der Waals surface area (Å²) in [5.41, 5.74) is 3.70. The van der Waals surface area contributed by atoms with Crippen LogP contribution in [0.15, 0.2) is 40.0 Å². The maximum atomic E-state index is 6.41. The van der Waals surface area contributed by atoms with Gasteiger partial charge in [0.15, 0.2) is 0 Å². The Morgan fingerprint density at radius 3 is 2.43 bits per heavy atom. The number of hydrogen-bond acceptors (Lipinski definition) is 3. The molecule has 0 radical (unpaired) electrons. The first-order chi connectivity index (χ1) is 9.93. The molecule has 3 nitrogen and oxygen atoms in total. The summed E-state index contributed by atoms with van der Waals surface area (Å²) in [5.74, 6) is 0.599. The van der Waals surface area contributed by atoms with E-state index in [0.29, 0.717) is 16.0 Å². The number of fused-ring (bicyclic) bond motifs is 1. The van der Waals surface area contributed by atoms with Crippen molar-refractivity contribution in [2.45, 2.75) is 20.8 Å². The molecular formula is C16H17Cl2N3. The van der Waals surface area contributed by atoms with Gasteiger partial charge in [-0.2, -0.15) is 0 Å². The van der Waals surface area contributed by atoms with E-state index in [1.54, 1.807) is 13.2 Å². The van der Waals surface area contributed by atoms with E-state index in [9.17, 15) is 0 Å². The highest BCUT2D eigenvalue weighted by Crippen LogP contribution is 2.34. The monoisotopic (exact) mass is 321 g/mol. The summed E-state index contributed by atoms with van der Waals surface area (Å²) in [7, 11) is 1.79. The third-order valence-electron chi connectivity index (χ3n) is 3.10. The second kappa shape index (κ2) is 6.46. The topological polar surface area (TPSA) is 37.8 Å². The molecule has 21 heavy (non-hydrogen) atoms. The van der Waals surface area contributed by atoms with Gasteiger partial charge in [0.2, 0.25) is 5.95 Å². The standard InChI is InChI=1S/C16H17Cl2N3/c1-9(2)15(18)14(10(3)17)11-5-6-13-12(7-11)8-20-16(19-4)21-13/h5-8H,1-4H3,(H,19,20,21)/b14-10+. The third kappa shape index (κ3) is 3.36. The molecule has 0 unspecified atom stereocenters. The van der Waals surface area contributed by atoms with E-state index in [1.807, 2.05) is 39.0 Å². The molecule has 2 rings (SSSR count). The first-order valence-corrected chi connectivity index (χ1v) is 7.34. The van der Waals surface area contributed by atoms with Crippen molar-refractivity contribution >= 4 is 45.6 Å². The minimum atomic E-state index is 0.599. The molecule has 1 aromatic heterocycles. The molecule has 5 heteroatoms. The minimum Gasteiger partial charge on any atom is -0.357 e. The Hall–Kier alpha value is -1.58. The van der Waals surface area contributed by atoms with E-state index < -0.39 is 0 Å². The molecule has 1 aromatic carbocycles. The van der Waals surface area contributed by atoms with Crippen LogP contribution in [0.4, 0.5) is 5.95 Å². The van der Waals surface area contributed by atoms with Crippen molar-refractivity contribution in [3.63, 3.8) is 0 Å². The molecule has 0 amide bonds. The lowest BCUT2D eigenvalue weighted by Crippen LogP contribution is -1.96. The fourth-order valence-electron chi connectivity index (χ4n) is 2.04. The number of nitrogens with one attached hydrogen (secondary N) is 1. The van der Waals surface area contributed by atoms with Gasteiger partial charge >= 0.3 is 0 Å². The molecule has 0 saturated heterocycles. The van der Waals surface area contributed by atoms with E-state index in [-0.39, 0.29) is 0 Å². The third-order valence-corrected chi connectivity index (χ3v) is 3.85. The van der Waals surface area contributed by atoms with Gasteiger partial charge in [0, 0.05) is 34.3 Å². The molecule has 0 aliphatic rings. The Labute approximate surface area is 134 Å². The van der Waals surface area contributed by atoms with Gasteiger partial charge in [0.1, 0.15) is 0 Å². The van der Waals surface area contributed by atoms with Gasteiger partial charge in [-0.05, 0) is 38.5 Å². The summed E-state index contributed by atoms with van der Waals surface area (Å²) in [5, 5.41) is 5.21. The van der Waals surface area contributed by atoms with Crippen LogP contribution in [0.5, 0.6) is 0 Å². The van der Waals surface area contributed by atoms with Crippen LogP contribution < -0.4 is 5.32 Å². The molecular weight excluding hydrogens is 305 g/mol. The predicted octanol–water partition coefficient (Wildman–Crippen LogP) is 5.17. The first kappa shape index (κ1) is 15.8. The maximum Gasteiger partial charge on any atom is 0.222 e. The second-order valence-electron chi connectivity index (χ2n) is 4.94. The number of aromatic nitrogens is 2. The van der Waals surface area contributed by atoms with E-state index in [0.717, 1.165) is 27.6 Å². The number of rotatable bonds is 3. The lowest BCUT2D eigenvalue weighted by molar-refractivity contribution is 1.19. The second-order valence-corrected chi connectivity index (χ2v) is 5.88. The number of benzene rings is 1. The quantitative estimate of drug-likeness (QED) is 0.792. The van der Waals surface area contributed by atoms with Crippen LogP contribution in [0, 0.1) is 0 Å². The number of halogens is 2. The van der Waals surface area contributed by atoms with Gasteiger partial charge in [-0.3, -0.25) is 0 Å². The Balaban J connectivity index is 2.61. The van der Waals surface area contributed by atoms with Gasteiger partial charge < -0.3 is 5.32 Å². The number of allylic oxidation sites excluding steroid dienone is 4. The lowest BCUT2D eigenvalue weighted by Gasteiger charge is -2.11. The Morgan fingerprint density at radius 2 is 1.86 bits per heavy atom. The van der Waals surface area contributed by atoms with Crippen LogP contribution in [0.1, 0.15) is 26.3 Å². The van der Waals surface area contributed by atoms with Gasteiger partial charge in [-0.15, -0.1) is 0 Å². The minimum absolute atomic E-state index is 0.599. The van der Waals surface area contributed by atoms with Gasteiger partial charge in [0.25, 0.3) is 0 Å².